The van der Waals surface area contributed by atoms with Crippen LogP contribution in [-0.2, 0) is 9.59 Å². The predicted octanol–water partition coefficient (Wildman–Crippen LogP) is 6.43. The van der Waals surface area contributed by atoms with E-state index in [9.17, 15) is 9.59 Å². The lowest BCUT2D eigenvalue weighted by atomic mass is 9.96. The highest BCUT2D eigenvalue weighted by Crippen LogP contribution is 2.40. The van der Waals surface area contributed by atoms with Gasteiger partial charge in [-0.25, -0.2) is 0 Å². The molecule has 4 rings (SSSR count). The molecule has 3 aromatic carbocycles. The molecule has 184 valence electrons. The van der Waals surface area contributed by atoms with Crippen LogP contribution in [0.5, 0.6) is 11.5 Å². The standard InChI is InChI=1S/C29H28N2O5/c1-17(13-27(33)31-25-14-21(30-19(3)32)11-12-26(25)34-4)22-15-23-24(20-9-7-6-8-10-20)16-36-29(23)18(2)28(22)35-5/h6-16H,1-5H3,(H,30,32)(H,31,33)/b17-13+. The van der Waals surface area contributed by atoms with Crippen LogP contribution in [0.4, 0.5) is 11.4 Å². The Labute approximate surface area is 209 Å². The van der Waals surface area contributed by atoms with Crippen molar-refractivity contribution in [2.45, 2.75) is 20.8 Å². The molecular formula is C29H28N2O5. The summed E-state index contributed by atoms with van der Waals surface area (Å²) in [5.41, 5.74) is 6.10. The number of carbonyl (C=O) groups is 2. The molecule has 0 aliphatic rings. The molecule has 1 aromatic heterocycles. The maximum atomic E-state index is 13.0. The topological polar surface area (TPSA) is 89.8 Å². The summed E-state index contributed by atoms with van der Waals surface area (Å²) in [5.74, 6) is 0.564. The Kier molecular flexibility index (Phi) is 7.10. The first-order valence-electron chi connectivity index (χ1n) is 11.4. The fourth-order valence-corrected chi connectivity index (χ4v) is 4.24. The first-order valence-corrected chi connectivity index (χ1v) is 11.4. The fraction of sp³-hybridized carbons (Fsp3) is 0.172. The van der Waals surface area contributed by atoms with Gasteiger partial charge in [-0.3, -0.25) is 9.59 Å². The number of anilines is 2. The summed E-state index contributed by atoms with van der Waals surface area (Å²) in [4.78, 5) is 24.4. The van der Waals surface area contributed by atoms with Gasteiger partial charge < -0.3 is 24.5 Å². The molecular weight excluding hydrogens is 456 g/mol. The highest BCUT2D eigenvalue weighted by molar-refractivity contribution is 6.07. The van der Waals surface area contributed by atoms with Gasteiger partial charge in [0.05, 0.1) is 26.2 Å². The highest BCUT2D eigenvalue weighted by atomic mass is 16.5. The normalized spacial score (nSPS) is 11.3. The molecule has 7 nitrogen and oxygen atoms in total. The van der Waals surface area contributed by atoms with Gasteiger partial charge in [0, 0.05) is 40.8 Å². The number of aryl methyl sites for hydroxylation is 1. The Bertz CT molecular complexity index is 1470. The Morgan fingerprint density at radius 1 is 0.944 bits per heavy atom. The van der Waals surface area contributed by atoms with Gasteiger partial charge in [-0.05, 0) is 49.2 Å². The summed E-state index contributed by atoms with van der Waals surface area (Å²) < 4.78 is 17.0. The van der Waals surface area contributed by atoms with Crippen molar-refractivity contribution in [1.82, 2.24) is 0 Å². The van der Waals surface area contributed by atoms with Gasteiger partial charge in [-0.2, -0.15) is 0 Å². The van der Waals surface area contributed by atoms with E-state index in [1.165, 1.54) is 20.1 Å². The van der Waals surface area contributed by atoms with E-state index >= 15 is 0 Å². The monoisotopic (exact) mass is 484 g/mol. The van der Waals surface area contributed by atoms with Crippen molar-refractivity contribution < 1.29 is 23.5 Å². The Balaban J connectivity index is 1.72. The van der Waals surface area contributed by atoms with E-state index < -0.39 is 0 Å². The van der Waals surface area contributed by atoms with Gasteiger partial charge in [0.25, 0.3) is 0 Å². The summed E-state index contributed by atoms with van der Waals surface area (Å²) in [5, 5.41) is 6.49. The second kappa shape index (κ2) is 10.4. The van der Waals surface area contributed by atoms with E-state index in [0.29, 0.717) is 28.4 Å². The SMILES string of the molecule is COc1ccc(NC(C)=O)cc1NC(=O)/C=C(\C)c1cc2c(-c3ccccc3)coc2c(C)c1OC. The first kappa shape index (κ1) is 24.6. The Morgan fingerprint density at radius 2 is 1.69 bits per heavy atom. The number of carbonyl (C=O) groups excluding carboxylic acids is 2. The molecule has 1 heterocycles. The molecule has 36 heavy (non-hydrogen) atoms. The Morgan fingerprint density at radius 3 is 2.36 bits per heavy atom. The molecule has 4 aromatic rings. The molecule has 0 atom stereocenters. The van der Waals surface area contributed by atoms with E-state index in [0.717, 1.165) is 33.2 Å². The zero-order valence-corrected chi connectivity index (χ0v) is 20.9. The van der Waals surface area contributed by atoms with Crippen molar-refractivity contribution in [3.05, 3.63) is 78.1 Å². The van der Waals surface area contributed by atoms with Crippen molar-refractivity contribution in [2.75, 3.05) is 24.9 Å². The molecule has 0 unspecified atom stereocenters. The molecule has 0 fully saturated rings. The van der Waals surface area contributed by atoms with Crippen molar-refractivity contribution in [3.63, 3.8) is 0 Å². The second-order valence-electron chi connectivity index (χ2n) is 8.39. The number of nitrogens with one attached hydrogen (secondary N) is 2. The van der Waals surface area contributed by atoms with Gasteiger partial charge in [0.1, 0.15) is 17.1 Å². The summed E-state index contributed by atoms with van der Waals surface area (Å²) in [7, 11) is 3.12. The third-order valence-corrected chi connectivity index (χ3v) is 5.88. The van der Waals surface area contributed by atoms with Crippen LogP contribution in [0.3, 0.4) is 0 Å². The second-order valence-corrected chi connectivity index (χ2v) is 8.39. The Hall–Kier alpha value is -4.52. The summed E-state index contributed by atoms with van der Waals surface area (Å²) in [6.45, 7) is 5.22. The minimum Gasteiger partial charge on any atom is -0.496 e. The molecule has 0 radical (unpaired) electrons. The number of allylic oxidation sites excluding steroid dienone is 1. The number of fused-ring (bicyclic) bond motifs is 1. The van der Waals surface area contributed by atoms with Gasteiger partial charge in [-0.1, -0.05) is 30.3 Å². The smallest absolute Gasteiger partial charge is 0.248 e. The van der Waals surface area contributed by atoms with Crippen LogP contribution < -0.4 is 20.1 Å². The van der Waals surface area contributed by atoms with Crippen molar-refractivity contribution in [3.8, 4) is 22.6 Å². The molecule has 2 N–H and O–H groups in total. The number of methoxy groups -OCH3 is 2. The number of furan rings is 1. The molecule has 0 bridgehead atoms. The number of ether oxygens (including phenoxy) is 2. The molecule has 0 saturated carbocycles. The zero-order valence-electron chi connectivity index (χ0n) is 20.9. The minimum absolute atomic E-state index is 0.208. The van der Waals surface area contributed by atoms with Crippen LogP contribution in [0.25, 0.3) is 27.7 Å². The van der Waals surface area contributed by atoms with Crippen LogP contribution in [0, 0.1) is 6.92 Å². The van der Waals surface area contributed by atoms with E-state index in [1.807, 2.05) is 50.2 Å². The average molecular weight is 485 g/mol. The maximum absolute atomic E-state index is 13.0. The number of rotatable bonds is 7. The summed E-state index contributed by atoms with van der Waals surface area (Å²) in [6, 6.07) is 17.0. The lowest BCUT2D eigenvalue weighted by Gasteiger charge is -2.14. The molecule has 0 aliphatic carbocycles. The van der Waals surface area contributed by atoms with Crippen LogP contribution in [-0.4, -0.2) is 26.0 Å². The lowest BCUT2D eigenvalue weighted by Crippen LogP contribution is -2.11. The van der Waals surface area contributed by atoms with Crippen LogP contribution in [0.1, 0.15) is 25.0 Å². The van der Waals surface area contributed by atoms with E-state index in [1.54, 1.807) is 31.6 Å². The van der Waals surface area contributed by atoms with E-state index in [-0.39, 0.29) is 11.8 Å². The predicted molar refractivity (Wildman–Crippen MR) is 143 cm³/mol. The molecule has 0 spiro atoms. The van der Waals surface area contributed by atoms with Crippen LogP contribution >= 0.6 is 0 Å². The van der Waals surface area contributed by atoms with Gasteiger partial charge >= 0.3 is 0 Å². The van der Waals surface area contributed by atoms with Crippen molar-refractivity contribution in [1.29, 1.82) is 0 Å². The third-order valence-electron chi connectivity index (χ3n) is 5.88. The van der Waals surface area contributed by atoms with Crippen molar-refractivity contribution >= 4 is 39.7 Å². The first-order chi connectivity index (χ1) is 17.3. The maximum Gasteiger partial charge on any atom is 0.248 e. The number of hydrogen-bond acceptors (Lipinski definition) is 5. The number of amides is 2. The molecule has 2 amide bonds. The number of hydrogen-bond donors (Lipinski definition) is 2. The third kappa shape index (κ3) is 4.95. The average Bonchev–Trinajstić information content (AvgIpc) is 3.28. The summed E-state index contributed by atoms with van der Waals surface area (Å²) >= 11 is 0. The van der Waals surface area contributed by atoms with E-state index in [4.69, 9.17) is 13.9 Å². The molecule has 0 aliphatic heterocycles. The van der Waals surface area contributed by atoms with Crippen LogP contribution in [0.2, 0.25) is 0 Å². The fourth-order valence-electron chi connectivity index (χ4n) is 4.24. The van der Waals surface area contributed by atoms with Gasteiger partial charge in [0.15, 0.2) is 0 Å². The minimum atomic E-state index is -0.346. The molecule has 0 saturated heterocycles. The number of benzene rings is 3. The lowest BCUT2D eigenvalue weighted by molar-refractivity contribution is -0.114. The quantitative estimate of drug-likeness (QED) is 0.295. The van der Waals surface area contributed by atoms with Gasteiger partial charge in [0.2, 0.25) is 11.8 Å². The molecule has 7 heteroatoms. The largest absolute Gasteiger partial charge is 0.496 e. The van der Waals surface area contributed by atoms with Gasteiger partial charge in [-0.15, -0.1) is 0 Å². The van der Waals surface area contributed by atoms with E-state index in [2.05, 4.69) is 10.6 Å². The zero-order chi connectivity index (χ0) is 25.8. The van der Waals surface area contributed by atoms with Crippen LogP contribution in [0.15, 0.2) is 71.4 Å². The van der Waals surface area contributed by atoms with Crippen molar-refractivity contribution in [2.24, 2.45) is 0 Å². The summed E-state index contributed by atoms with van der Waals surface area (Å²) in [6.07, 6.45) is 3.26. The highest BCUT2D eigenvalue weighted by Gasteiger charge is 2.19.